The lowest BCUT2D eigenvalue weighted by Gasteiger charge is -2.43. The van der Waals surface area contributed by atoms with Gasteiger partial charge in [0.05, 0.1) is 5.56 Å². The van der Waals surface area contributed by atoms with Crippen LogP contribution in [0.1, 0.15) is 31.9 Å². The van der Waals surface area contributed by atoms with E-state index in [1.54, 1.807) is 0 Å². The van der Waals surface area contributed by atoms with E-state index in [1.165, 1.54) is 50.9 Å². The molecule has 0 amide bonds. The average molecular weight is 554 g/mol. The fourth-order valence-electron chi connectivity index (χ4n) is 3.70. The minimum atomic E-state index is -4.49. The molecule has 0 aromatic heterocycles. The number of alkyl halides is 3. The van der Waals surface area contributed by atoms with Crippen molar-refractivity contribution in [3.63, 3.8) is 0 Å². The van der Waals surface area contributed by atoms with Crippen molar-refractivity contribution in [2.75, 3.05) is 6.61 Å². The van der Waals surface area contributed by atoms with Gasteiger partial charge < -0.3 is 18.9 Å². The Morgan fingerprint density at radius 3 is 2.08 bits per heavy atom. The van der Waals surface area contributed by atoms with Gasteiger partial charge in [-0.1, -0.05) is 42.1 Å². The van der Waals surface area contributed by atoms with Crippen LogP contribution in [0.25, 0.3) is 0 Å². The topological polar surface area (TPSA) is 100 Å². The van der Waals surface area contributed by atoms with E-state index in [-0.39, 0.29) is 6.61 Å². The molecule has 0 radical (unpaired) electrons. The average Bonchev–Trinajstić information content (AvgIpc) is 2.84. The molecule has 5 atom stereocenters. The summed E-state index contributed by atoms with van der Waals surface area (Å²) in [4.78, 5) is 40.8. The lowest BCUT2D eigenvalue weighted by atomic mass is 9.97. The van der Waals surface area contributed by atoms with Gasteiger partial charge in [0.15, 0.2) is 12.2 Å². The zero-order valence-corrected chi connectivity index (χ0v) is 21.5. The van der Waals surface area contributed by atoms with Crippen molar-refractivity contribution in [3.05, 3.63) is 65.7 Å². The van der Waals surface area contributed by atoms with Crippen molar-refractivity contribution in [3.8, 4) is 0 Å². The third kappa shape index (κ3) is 8.32. The number of ether oxygens (including phenoxy) is 4. The second kappa shape index (κ2) is 12.9. The highest BCUT2D eigenvalue weighted by molar-refractivity contribution is 7.99. The number of esters is 3. The van der Waals surface area contributed by atoms with Gasteiger partial charge in [-0.05, 0) is 29.8 Å². The Morgan fingerprint density at radius 1 is 0.921 bits per heavy atom. The first-order chi connectivity index (χ1) is 17.9. The summed E-state index contributed by atoms with van der Waals surface area (Å²) in [6.07, 6.45) is -6.49. The van der Waals surface area contributed by atoms with Gasteiger partial charge in [-0.2, -0.15) is 13.2 Å². The number of halogens is 3. The molecule has 0 N–H and O–H groups in total. The van der Waals surface area contributed by atoms with Crippen LogP contribution in [0.5, 0.6) is 0 Å². The predicted molar refractivity (Wildman–Crippen MR) is 132 cm³/mol. The van der Waals surface area contributed by atoms with E-state index in [4.69, 9.17) is 18.9 Å². The molecule has 3 rings (SSSR count). The lowest BCUT2D eigenvalue weighted by Crippen LogP contribution is -2.60. The molecule has 2 aromatic rings. The van der Waals surface area contributed by atoms with Crippen molar-refractivity contribution in [1.29, 1.82) is 0 Å². The first kappa shape index (κ1) is 29.2. The number of nitrogens with zero attached hydrogens (tertiary/aromatic N) is 1. The summed E-state index contributed by atoms with van der Waals surface area (Å²) in [6, 6.07) is 12.5. The van der Waals surface area contributed by atoms with Gasteiger partial charge >= 0.3 is 24.1 Å². The SMILES string of the molecule is CC(=O)OC[C@H]1O[C@H](Sc2ccccc2)[C@H](N=Cc2ccc(C(F)(F)F)cc2)[C@@H](OC(C)=O)[C@@H]1OC(C)=O. The molecule has 8 nitrogen and oxygen atoms in total. The number of thioether (sulfide) groups is 1. The van der Waals surface area contributed by atoms with Gasteiger partial charge in [0, 0.05) is 31.9 Å². The molecule has 1 fully saturated rings. The van der Waals surface area contributed by atoms with Gasteiger partial charge in [0.1, 0.15) is 24.2 Å². The van der Waals surface area contributed by atoms with Crippen LogP contribution in [-0.2, 0) is 39.5 Å². The van der Waals surface area contributed by atoms with Gasteiger partial charge in [-0.3, -0.25) is 19.4 Å². The molecule has 38 heavy (non-hydrogen) atoms. The summed E-state index contributed by atoms with van der Waals surface area (Å²) in [5.41, 5.74) is -1.27. The zero-order valence-electron chi connectivity index (χ0n) is 20.7. The molecule has 204 valence electrons. The number of carbonyl (C=O) groups excluding carboxylic acids is 3. The van der Waals surface area contributed by atoms with Crippen LogP contribution >= 0.6 is 11.8 Å². The van der Waals surface area contributed by atoms with Crippen LogP contribution in [0.15, 0.2) is 64.5 Å². The van der Waals surface area contributed by atoms with Crippen LogP contribution in [0.2, 0.25) is 0 Å². The molecule has 0 bridgehead atoms. The van der Waals surface area contributed by atoms with Crippen LogP contribution < -0.4 is 0 Å². The number of carbonyl (C=O) groups is 3. The van der Waals surface area contributed by atoms with Gasteiger partial charge in [0.2, 0.25) is 0 Å². The van der Waals surface area contributed by atoms with Crippen molar-refractivity contribution in [2.24, 2.45) is 4.99 Å². The lowest BCUT2D eigenvalue weighted by molar-refractivity contribution is -0.208. The largest absolute Gasteiger partial charge is 0.463 e. The summed E-state index contributed by atoms with van der Waals surface area (Å²) >= 11 is 1.25. The second-order valence-electron chi connectivity index (χ2n) is 8.31. The quantitative estimate of drug-likeness (QED) is 0.269. The maximum Gasteiger partial charge on any atom is 0.416 e. The first-order valence-corrected chi connectivity index (χ1v) is 12.4. The highest BCUT2D eigenvalue weighted by atomic mass is 32.2. The number of hydrogen-bond acceptors (Lipinski definition) is 9. The molecule has 0 spiro atoms. The van der Waals surface area contributed by atoms with E-state index in [0.717, 1.165) is 17.0 Å². The molecule has 12 heteroatoms. The van der Waals surface area contributed by atoms with E-state index in [0.29, 0.717) is 5.56 Å². The Hall–Kier alpha value is -3.38. The van der Waals surface area contributed by atoms with Gasteiger partial charge in [0.25, 0.3) is 0 Å². The molecule has 1 aliphatic rings. The molecule has 1 saturated heterocycles. The fraction of sp³-hybridized carbons (Fsp3) is 0.385. The Bertz CT molecular complexity index is 1140. The standard InChI is InChI=1S/C26H26F3NO7S/c1-15(31)34-14-21-23(35-16(2)32)24(36-17(3)33)22(25(37-21)38-20-7-5-4-6-8-20)30-13-18-9-11-19(12-10-18)26(27,28)29/h4-13,21-25H,14H2,1-3H3/t21-,22-,23-,24-,25-/m1/s1. The number of aliphatic imine (C=N–C) groups is 1. The number of benzene rings is 2. The Kier molecular flexibility index (Phi) is 9.92. The minimum absolute atomic E-state index is 0.285. The molecule has 2 aromatic carbocycles. The maximum absolute atomic E-state index is 12.9. The summed E-state index contributed by atoms with van der Waals surface area (Å²) in [6.45, 7) is 3.27. The van der Waals surface area contributed by atoms with E-state index >= 15 is 0 Å². The van der Waals surface area contributed by atoms with E-state index < -0.39 is 59.4 Å². The minimum Gasteiger partial charge on any atom is -0.463 e. The molecule has 0 unspecified atom stereocenters. The van der Waals surface area contributed by atoms with E-state index in [2.05, 4.69) is 4.99 Å². The predicted octanol–water partition coefficient (Wildman–Crippen LogP) is 4.44. The van der Waals surface area contributed by atoms with E-state index in [9.17, 15) is 27.6 Å². The molecular weight excluding hydrogens is 527 g/mol. The molecule has 1 heterocycles. The van der Waals surface area contributed by atoms with Crippen molar-refractivity contribution < 1.29 is 46.5 Å². The highest BCUT2D eigenvalue weighted by Crippen LogP contribution is 2.37. The molecule has 0 aliphatic carbocycles. The van der Waals surface area contributed by atoms with Gasteiger partial charge in [-0.25, -0.2) is 0 Å². The third-order valence-electron chi connectivity index (χ3n) is 5.30. The highest BCUT2D eigenvalue weighted by Gasteiger charge is 2.50. The normalized spacial score (nSPS) is 23.6. The van der Waals surface area contributed by atoms with Crippen LogP contribution in [0, 0.1) is 0 Å². The van der Waals surface area contributed by atoms with Crippen molar-refractivity contribution in [2.45, 2.75) is 61.6 Å². The van der Waals surface area contributed by atoms with E-state index in [1.807, 2.05) is 30.3 Å². The fourth-order valence-corrected chi connectivity index (χ4v) is 4.85. The van der Waals surface area contributed by atoms with Gasteiger partial charge in [-0.15, -0.1) is 0 Å². The zero-order chi connectivity index (χ0) is 27.9. The molecule has 1 aliphatic heterocycles. The number of hydrogen-bond donors (Lipinski definition) is 0. The maximum atomic E-state index is 12.9. The summed E-state index contributed by atoms with van der Waals surface area (Å²) in [5.74, 6) is -1.96. The second-order valence-corrected chi connectivity index (χ2v) is 9.48. The monoisotopic (exact) mass is 553 g/mol. The Labute approximate surface area is 221 Å². The first-order valence-electron chi connectivity index (χ1n) is 11.5. The Morgan fingerprint density at radius 2 is 1.53 bits per heavy atom. The summed E-state index contributed by atoms with van der Waals surface area (Å²) in [5, 5.41) is 0. The summed E-state index contributed by atoms with van der Waals surface area (Å²) < 4.78 is 61.2. The van der Waals surface area contributed by atoms with Crippen LogP contribution in [-0.4, -0.2) is 60.5 Å². The molecule has 0 saturated carbocycles. The Balaban J connectivity index is 2.01. The van der Waals surface area contributed by atoms with Crippen LogP contribution in [0.3, 0.4) is 0 Å². The summed E-state index contributed by atoms with van der Waals surface area (Å²) in [7, 11) is 0. The third-order valence-corrected chi connectivity index (χ3v) is 6.47. The van der Waals surface area contributed by atoms with Crippen molar-refractivity contribution in [1.82, 2.24) is 0 Å². The number of rotatable bonds is 8. The smallest absolute Gasteiger partial charge is 0.416 e. The van der Waals surface area contributed by atoms with Crippen LogP contribution in [0.4, 0.5) is 13.2 Å². The molecular formula is C26H26F3NO7S. The van der Waals surface area contributed by atoms with Crippen molar-refractivity contribution >= 4 is 35.9 Å².